The maximum Gasteiger partial charge on any atom is 0.350 e. The van der Waals surface area contributed by atoms with Crippen molar-refractivity contribution in [1.82, 2.24) is 0 Å². The Morgan fingerprint density at radius 2 is 1.63 bits per heavy atom. The average molecular weight is 468 g/mol. The van der Waals surface area contributed by atoms with Gasteiger partial charge in [0.2, 0.25) is 0 Å². The van der Waals surface area contributed by atoms with Crippen LogP contribution in [-0.2, 0) is 14.8 Å². The molecule has 0 saturated heterocycles. The van der Waals surface area contributed by atoms with Gasteiger partial charge < -0.3 is 14.2 Å². The van der Waals surface area contributed by atoms with Gasteiger partial charge >= 0.3 is 5.97 Å². The maximum absolute atomic E-state index is 13.0. The fourth-order valence-corrected chi connectivity index (χ4v) is 4.96. The van der Waals surface area contributed by atoms with Gasteiger partial charge in [0, 0.05) is 16.0 Å². The summed E-state index contributed by atoms with van der Waals surface area (Å²) >= 11 is 7.04. The molecule has 0 aliphatic heterocycles. The lowest BCUT2D eigenvalue weighted by molar-refractivity contribution is 0.0607. The minimum atomic E-state index is -4.02. The van der Waals surface area contributed by atoms with Gasteiger partial charge in [0.25, 0.3) is 10.0 Å². The molecule has 0 saturated carbocycles. The highest BCUT2D eigenvalue weighted by atomic mass is 35.5. The number of benzene rings is 2. The van der Waals surface area contributed by atoms with Crippen LogP contribution in [0.4, 0.5) is 5.69 Å². The van der Waals surface area contributed by atoms with Crippen molar-refractivity contribution in [2.75, 3.05) is 26.1 Å². The highest BCUT2D eigenvalue weighted by Gasteiger charge is 2.24. The van der Waals surface area contributed by atoms with Crippen LogP contribution in [0, 0.1) is 0 Å². The zero-order valence-electron chi connectivity index (χ0n) is 16.3. The molecule has 0 amide bonds. The lowest BCUT2D eigenvalue weighted by Crippen LogP contribution is -2.15. The van der Waals surface area contributed by atoms with E-state index in [1.807, 2.05) is 0 Å². The van der Waals surface area contributed by atoms with Gasteiger partial charge in [-0.25, -0.2) is 13.2 Å². The van der Waals surface area contributed by atoms with E-state index in [1.165, 1.54) is 39.5 Å². The molecule has 30 heavy (non-hydrogen) atoms. The van der Waals surface area contributed by atoms with E-state index in [2.05, 4.69) is 4.72 Å². The Morgan fingerprint density at radius 1 is 0.967 bits per heavy atom. The standard InChI is InChI=1S/C20H18ClNO6S2/c1-26-16-9-8-14(10-17(16)27-2)30(24,25)22-15-11-18(29-19(15)20(23)28-3)12-4-6-13(21)7-5-12/h4-11,22H,1-3H3. The van der Waals surface area contributed by atoms with Crippen molar-refractivity contribution in [3.8, 4) is 21.9 Å². The first-order valence-electron chi connectivity index (χ1n) is 8.52. The number of ether oxygens (including phenoxy) is 3. The van der Waals surface area contributed by atoms with Crippen LogP contribution in [-0.4, -0.2) is 35.7 Å². The summed E-state index contributed by atoms with van der Waals surface area (Å²) in [6, 6.07) is 12.8. The number of hydrogen-bond donors (Lipinski definition) is 1. The van der Waals surface area contributed by atoms with Crippen LogP contribution in [0.5, 0.6) is 11.5 Å². The quantitative estimate of drug-likeness (QED) is 0.507. The Labute approximate surface area is 183 Å². The van der Waals surface area contributed by atoms with Crippen molar-refractivity contribution in [3.63, 3.8) is 0 Å². The van der Waals surface area contributed by atoms with E-state index in [1.54, 1.807) is 30.3 Å². The summed E-state index contributed by atoms with van der Waals surface area (Å²) in [5.41, 5.74) is 0.901. The molecule has 0 aliphatic carbocycles. The van der Waals surface area contributed by atoms with Crippen LogP contribution in [0.3, 0.4) is 0 Å². The first-order valence-corrected chi connectivity index (χ1v) is 11.2. The summed E-state index contributed by atoms with van der Waals surface area (Å²) in [7, 11) is 0.0802. The Kier molecular flexibility index (Phi) is 6.55. The van der Waals surface area contributed by atoms with E-state index >= 15 is 0 Å². The number of anilines is 1. The molecule has 0 fully saturated rings. The van der Waals surface area contributed by atoms with Crippen LogP contribution in [0.15, 0.2) is 53.4 Å². The molecule has 3 aromatic rings. The van der Waals surface area contributed by atoms with E-state index < -0.39 is 16.0 Å². The van der Waals surface area contributed by atoms with Gasteiger partial charge in [0.15, 0.2) is 11.5 Å². The molecular formula is C20H18ClNO6S2. The molecule has 1 aromatic heterocycles. The van der Waals surface area contributed by atoms with Crippen molar-refractivity contribution in [3.05, 3.63) is 58.4 Å². The van der Waals surface area contributed by atoms with Gasteiger partial charge in [-0.05, 0) is 35.9 Å². The lowest BCUT2D eigenvalue weighted by atomic mass is 10.2. The smallest absolute Gasteiger partial charge is 0.350 e. The first kappa shape index (κ1) is 21.9. The first-order chi connectivity index (χ1) is 14.3. The maximum atomic E-state index is 13.0. The Morgan fingerprint density at radius 3 is 2.23 bits per heavy atom. The Balaban J connectivity index is 2.02. The van der Waals surface area contributed by atoms with Crippen molar-refractivity contribution in [1.29, 1.82) is 0 Å². The fraction of sp³-hybridized carbons (Fsp3) is 0.150. The third-order valence-electron chi connectivity index (χ3n) is 4.14. The zero-order valence-corrected chi connectivity index (χ0v) is 18.7. The highest BCUT2D eigenvalue weighted by molar-refractivity contribution is 7.92. The molecule has 2 aromatic carbocycles. The van der Waals surface area contributed by atoms with Crippen LogP contribution in [0.1, 0.15) is 9.67 Å². The number of hydrogen-bond acceptors (Lipinski definition) is 7. The minimum absolute atomic E-state index is 0.0461. The third-order valence-corrected chi connectivity index (χ3v) is 6.92. The van der Waals surface area contributed by atoms with Crippen molar-refractivity contribution < 1.29 is 27.4 Å². The van der Waals surface area contributed by atoms with Gasteiger partial charge in [0.1, 0.15) is 4.88 Å². The number of nitrogens with one attached hydrogen (secondary N) is 1. The number of carbonyl (C=O) groups excluding carboxylic acids is 1. The number of sulfonamides is 1. The monoisotopic (exact) mass is 467 g/mol. The van der Waals surface area contributed by atoms with E-state index in [-0.39, 0.29) is 21.2 Å². The summed E-state index contributed by atoms with van der Waals surface area (Å²) in [6.07, 6.45) is 0. The van der Waals surface area contributed by atoms with E-state index in [0.29, 0.717) is 15.6 Å². The van der Waals surface area contributed by atoms with Crippen LogP contribution < -0.4 is 14.2 Å². The molecule has 1 heterocycles. The summed E-state index contributed by atoms with van der Waals surface area (Å²) in [5.74, 6) is 0.0122. The Hall–Kier alpha value is -2.75. The van der Waals surface area contributed by atoms with Crippen LogP contribution in [0.25, 0.3) is 10.4 Å². The second-order valence-corrected chi connectivity index (χ2v) is 9.15. The minimum Gasteiger partial charge on any atom is -0.493 e. The molecule has 1 N–H and O–H groups in total. The number of carbonyl (C=O) groups is 1. The van der Waals surface area contributed by atoms with Gasteiger partial charge in [-0.1, -0.05) is 23.7 Å². The lowest BCUT2D eigenvalue weighted by Gasteiger charge is -2.11. The molecule has 0 atom stereocenters. The number of rotatable bonds is 7. The van der Waals surface area contributed by atoms with E-state index in [9.17, 15) is 13.2 Å². The van der Waals surface area contributed by atoms with Crippen molar-refractivity contribution in [2.45, 2.75) is 4.90 Å². The molecule has 0 bridgehead atoms. The topological polar surface area (TPSA) is 90.9 Å². The van der Waals surface area contributed by atoms with Gasteiger partial charge in [-0.3, -0.25) is 4.72 Å². The average Bonchev–Trinajstić information content (AvgIpc) is 3.16. The summed E-state index contributed by atoms with van der Waals surface area (Å²) in [6.45, 7) is 0. The predicted molar refractivity (Wildman–Crippen MR) is 116 cm³/mol. The number of thiophene rings is 1. The molecule has 7 nitrogen and oxygen atoms in total. The molecule has 3 rings (SSSR count). The fourth-order valence-electron chi connectivity index (χ4n) is 2.65. The van der Waals surface area contributed by atoms with Crippen LogP contribution in [0.2, 0.25) is 5.02 Å². The SMILES string of the molecule is COC(=O)c1sc(-c2ccc(Cl)cc2)cc1NS(=O)(=O)c1ccc(OC)c(OC)c1. The number of halogens is 1. The zero-order chi connectivity index (χ0) is 21.9. The summed E-state index contributed by atoms with van der Waals surface area (Å²) < 4.78 is 43.5. The summed E-state index contributed by atoms with van der Waals surface area (Å²) in [4.78, 5) is 13.0. The molecule has 0 unspecified atom stereocenters. The molecule has 10 heteroatoms. The number of esters is 1. The van der Waals surface area contributed by atoms with Gasteiger partial charge in [-0.15, -0.1) is 11.3 Å². The summed E-state index contributed by atoms with van der Waals surface area (Å²) in [5, 5.41) is 0.567. The highest BCUT2D eigenvalue weighted by Crippen LogP contribution is 2.37. The Bertz CT molecular complexity index is 1170. The molecule has 0 spiro atoms. The normalized spacial score (nSPS) is 11.1. The second kappa shape index (κ2) is 8.95. The molecule has 0 radical (unpaired) electrons. The van der Waals surface area contributed by atoms with Gasteiger partial charge in [0.05, 0.1) is 31.9 Å². The van der Waals surface area contributed by atoms with Gasteiger partial charge in [-0.2, -0.15) is 0 Å². The molecule has 158 valence electrons. The third kappa shape index (κ3) is 4.53. The number of methoxy groups -OCH3 is 3. The largest absolute Gasteiger partial charge is 0.493 e. The van der Waals surface area contributed by atoms with Crippen molar-refractivity contribution in [2.24, 2.45) is 0 Å². The molecular weight excluding hydrogens is 450 g/mol. The predicted octanol–water partition coefficient (Wildman–Crippen LogP) is 4.67. The van der Waals surface area contributed by atoms with Crippen molar-refractivity contribution >= 4 is 44.6 Å². The molecule has 0 aliphatic rings. The van der Waals surface area contributed by atoms with E-state index in [0.717, 1.165) is 16.9 Å². The van der Waals surface area contributed by atoms with Crippen LogP contribution >= 0.6 is 22.9 Å². The van der Waals surface area contributed by atoms with E-state index in [4.69, 9.17) is 25.8 Å². The second-order valence-electron chi connectivity index (χ2n) is 5.97.